The van der Waals surface area contributed by atoms with Crippen LogP contribution >= 0.6 is 23.2 Å². The van der Waals surface area contributed by atoms with E-state index >= 15 is 0 Å². The van der Waals surface area contributed by atoms with E-state index in [2.05, 4.69) is 10.0 Å². The van der Waals surface area contributed by atoms with Gasteiger partial charge in [-0.25, -0.2) is 17.9 Å². The summed E-state index contributed by atoms with van der Waals surface area (Å²) >= 11 is 11.6. The highest BCUT2D eigenvalue weighted by Gasteiger charge is 2.22. The van der Waals surface area contributed by atoms with Gasteiger partial charge in [0.05, 0.1) is 10.7 Å². The Morgan fingerprint density at radius 1 is 1.26 bits per heavy atom. The number of nitrogen functional groups attached to an aromatic ring is 1. The lowest BCUT2D eigenvalue weighted by Crippen LogP contribution is -2.38. The van der Waals surface area contributed by atoms with Crippen molar-refractivity contribution in [2.45, 2.75) is 31.3 Å². The average molecular weight is 384 g/mol. The van der Waals surface area contributed by atoms with Crippen LogP contribution in [0.5, 0.6) is 0 Å². The van der Waals surface area contributed by atoms with Gasteiger partial charge in [0.2, 0.25) is 10.0 Å². The van der Waals surface area contributed by atoms with Gasteiger partial charge in [0.1, 0.15) is 10.5 Å². The summed E-state index contributed by atoms with van der Waals surface area (Å²) in [4.78, 5) is 11.2. The minimum absolute atomic E-state index is 0.0409. The van der Waals surface area contributed by atoms with Gasteiger partial charge in [0, 0.05) is 18.1 Å². The third-order valence-corrected chi connectivity index (χ3v) is 4.60. The topological polar surface area (TPSA) is 111 Å². The van der Waals surface area contributed by atoms with Crippen molar-refractivity contribution in [2.24, 2.45) is 0 Å². The van der Waals surface area contributed by atoms with Crippen molar-refractivity contribution in [1.82, 2.24) is 10.0 Å². The van der Waals surface area contributed by atoms with Crippen LogP contribution in [0.3, 0.4) is 0 Å². The fraction of sp³-hybridized carbons (Fsp3) is 0.462. The lowest BCUT2D eigenvalue weighted by molar-refractivity contribution is 0.0529. The highest BCUT2D eigenvalue weighted by Crippen LogP contribution is 2.30. The van der Waals surface area contributed by atoms with E-state index < -0.39 is 21.7 Å². The number of nitrogens with two attached hydrogens (primary N) is 1. The summed E-state index contributed by atoms with van der Waals surface area (Å²) < 4.78 is 31.7. The molecule has 0 heterocycles. The van der Waals surface area contributed by atoms with Gasteiger partial charge in [-0.2, -0.15) is 0 Å². The normalized spacial score (nSPS) is 12.0. The second kappa shape index (κ2) is 7.57. The number of ether oxygens (including phenoxy) is 1. The predicted molar refractivity (Wildman–Crippen MR) is 90.3 cm³/mol. The first-order valence-corrected chi connectivity index (χ1v) is 8.87. The first-order chi connectivity index (χ1) is 10.4. The van der Waals surface area contributed by atoms with Crippen LogP contribution in [-0.2, 0) is 14.8 Å². The molecule has 0 bridgehead atoms. The molecule has 0 saturated heterocycles. The van der Waals surface area contributed by atoms with Crippen molar-refractivity contribution in [1.29, 1.82) is 0 Å². The Kier molecular flexibility index (Phi) is 6.52. The molecule has 0 aliphatic rings. The van der Waals surface area contributed by atoms with E-state index in [1.54, 1.807) is 20.8 Å². The van der Waals surface area contributed by atoms with Gasteiger partial charge in [-0.1, -0.05) is 23.2 Å². The van der Waals surface area contributed by atoms with E-state index in [9.17, 15) is 13.2 Å². The lowest BCUT2D eigenvalue weighted by Gasteiger charge is -2.19. The number of hydrogen-bond acceptors (Lipinski definition) is 5. The number of alkyl carbamates (subject to hydrolysis) is 1. The van der Waals surface area contributed by atoms with Crippen LogP contribution in [0.25, 0.3) is 0 Å². The molecule has 0 aromatic heterocycles. The molecule has 0 radical (unpaired) electrons. The number of halogens is 2. The molecule has 0 unspecified atom stereocenters. The van der Waals surface area contributed by atoms with Crippen molar-refractivity contribution in [2.75, 3.05) is 18.8 Å². The molecule has 1 aromatic carbocycles. The average Bonchev–Trinajstić information content (AvgIpc) is 2.30. The third-order valence-electron chi connectivity index (χ3n) is 2.39. The molecule has 0 saturated carbocycles. The molecule has 0 fully saturated rings. The first-order valence-electron chi connectivity index (χ1n) is 6.63. The van der Waals surface area contributed by atoms with E-state index in [1.807, 2.05) is 0 Å². The molecule has 1 amide bonds. The van der Waals surface area contributed by atoms with Crippen LogP contribution in [0, 0.1) is 0 Å². The molecule has 1 aromatic rings. The van der Waals surface area contributed by atoms with Gasteiger partial charge in [-0.05, 0) is 32.9 Å². The maximum Gasteiger partial charge on any atom is 0.407 e. The Morgan fingerprint density at radius 3 is 2.39 bits per heavy atom. The van der Waals surface area contributed by atoms with Crippen molar-refractivity contribution in [3.05, 3.63) is 22.2 Å². The van der Waals surface area contributed by atoms with Crippen LogP contribution in [0.4, 0.5) is 10.5 Å². The number of anilines is 1. The fourth-order valence-electron chi connectivity index (χ4n) is 1.60. The van der Waals surface area contributed by atoms with Gasteiger partial charge < -0.3 is 15.8 Å². The van der Waals surface area contributed by atoms with Gasteiger partial charge in [-0.3, -0.25) is 0 Å². The number of carbonyl (C=O) groups is 1. The number of carbonyl (C=O) groups excluding carboxylic acids is 1. The summed E-state index contributed by atoms with van der Waals surface area (Å²) in [7, 11) is -3.93. The molecule has 10 heteroatoms. The standard InChI is InChI=1S/C13H19Cl2N3O4S/c1-13(2,3)22-12(19)17-4-5-18-23(20,21)11-9(15)6-8(14)7-10(11)16/h6-7,18H,4-5,16H2,1-3H3,(H,17,19). The van der Waals surface area contributed by atoms with Crippen LogP contribution in [0.15, 0.2) is 17.0 Å². The molecular formula is C13H19Cl2N3O4S. The number of amides is 1. The second-order valence-corrected chi connectivity index (χ2v) is 8.18. The third kappa shape index (κ3) is 6.42. The summed E-state index contributed by atoms with van der Waals surface area (Å²) in [5, 5.41) is 2.58. The zero-order valence-electron chi connectivity index (χ0n) is 12.9. The summed E-state index contributed by atoms with van der Waals surface area (Å²) in [6.07, 6.45) is -0.638. The number of rotatable bonds is 5. The predicted octanol–water partition coefficient (Wildman–Crippen LogP) is 2.38. The molecule has 1 rings (SSSR count). The Morgan fingerprint density at radius 2 is 1.87 bits per heavy atom. The summed E-state index contributed by atoms with van der Waals surface area (Å²) in [5.74, 6) is 0. The number of benzene rings is 1. The molecule has 0 spiro atoms. The van der Waals surface area contributed by atoms with Crippen molar-refractivity contribution >= 4 is 45.0 Å². The second-order valence-electron chi connectivity index (χ2n) is 5.63. The van der Waals surface area contributed by atoms with Gasteiger partial charge in [-0.15, -0.1) is 0 Å². The van der Waals surface area contributed by atoms with E-state index in [0.29, 0.717) is 0 Å². The zero-order chi connectivity index (χ0) is 17.8. The van der Waals surface area contributed by atoms with E-state index in [4.69, 9.17) is 33.7 Å². The summed E-state index contributed by atoms with van der Waals surface area (Å²) in [6, 6.07) is 2.58. The number of nitrogens with one attached hydrogen (secondary N) is 2. The SMILES string of the molecule is CC(C)(C)OC(=O)NCCNS(=O)(=O)c1c(N)cc(Cl)cc1Cl. The van der Waals surface area contributed by atoms with Crippen molar-refractivity contribution in [3.8, 4) is 0 Å². The molecule has 0 aliphatic heterocycles. The van der Waals surface area contributed by atoms with Gasteiger partial charge >= 0.3 is 6.09 Å². The van der Waals surface area contributed by atoms with E-state index in [-0.39, 0.29) is 33.7 Å². The van der Waals surface area contributed by atoms with Crippen molar-refractivity contribution in [3.63, 3.8) is 0 Å². The molecule has 0 aliphatic carbocycles. The maximum absolute atomic E-state index is 12.2. The molecular weight excluding hydrogens is 365 g/mol. The largest absolute Gasteiger partial charge is 0.444 e. The van der Waals surface area contributed by atoms with E-state index in [0.717, 1.165) is 0 Å². The van der Waals surface area contributed by atoms with E-state index in [1.165, 1.54) is 12.1 Å². The Balaban J connectivity index is 2.63. The molecule has 4 N–H and O–H groups in total. The summed E-state index contributed by atoms with van der Waals surface area (Å²) in [6.45, 7) is 5.15. The van der Waals surface area contributed by atoms with Crippen LogP contribution in [-0.4, -0.2) is 33.2 Å². The quantitative estimate of drug-likeness (QED) is 0.533. The molecule has 7 nitrogen and oxygen atoms in total. The van der Waals surface area contributed by atoms with Crippen LogP contribution in [0.1, 0.15) is 20.8 Å². The fourth-order valence-corrected chi connectivity index (χ4v) is 3.61. The van der Waals surface area contributed by atoms with Gasteiger partial charge in [0.25, 0.3) is 0 Å². The highest BCUT2D eigenvalue weighted by molar-refractivity contribution is 7.89. The maximum atomic E-state index is 12.2. The molecule has 130 valence electrons. The zero-order valence-corrected chi connectivity index (χ0v) is 15.3. The van der Waals surface area contributed by atoms with Crippen LogP contribution < -0.4 is 15.8 Å². The smallest absolute Gasteiger partial charge is 0.407 e. The molecule has 23 heavy (non-hydrogen) atoms. The first kappa shape index (κ1) is 19.8. The Hall–Kier alpha value is -1.22. The Bertz CT molecular complexity index is 664. The number of sulfonamides is 1. The highest BCUT2D eigenvalue weighted by atomic mass is 35.5. The minimum atomic E-state index is -3.93. The van der Waals surface area contributed by atoms with Gasteiger partial charge in [0.15, 0.2) is 0 Å². The Labute approximate surface area is 145 Å². The summed E-state index contributed by atoms with van der Waals surface area (Å²) in [5.41, 5.74) is 4.96. The minimum Gasteiger partial charge on any atom is -0.444 e. The van der Waals surface area contributed by atoms with Crippen molar-refractivity contribution < 1.29 is 17.9 Å². The molecule has 0 atom stereocenters. The lowest BCUT2D eigenvalue weighted by atomic mass is 10.2. The number of hydrogen-bond donors (Lipinski definition) is 3. The van der Waals surface area contributed by atoms with Crippen LogP contribution in [0.2, 0.25) is 10.0 Å². The monoisotopic (exact) mass is 383 g/mol.